The summed E-state index contributed by atoms with van der Waals surface area (Å²) in [7, 11) is -3.80. The second-order valence-corrected chi connectivity index (χ2v) is 10.1. The maximum atomic E-state index is 13.3. The highest BCUT2D eigenvalue weighted by molar-refractivity contribution is 7.89. The lowest BCUT2D eigenvalue weighted by atomic mass is 9.95. The maximum Gasteiger partial charge on any atom is 0.240 e. The molecule has 8 heteroatoms. The van der Waals surface area contributed by atoms with Gasteiger partial charge in [-0.15, -0.1) is 0 Å². The molecular formula is C24H22ClFN2O3S. The fourth-order valence-corrected chi connectivity index (χ4v) is 4.92. The summed E-state index contributed by atoms with van der Waals surface area (Å²) >= 11 is 6.08. The van der Waals surface area contributed by atoms with Crippen molar-refractivity contribution in [2.24, 2.45) is 0 Å². The first-order chi connectivity index (χ1) is 15.3. The highest BCUT2D eigenvalue weighted by Gasteiger charge is 2.51. The molecule has 1 saturated carbocycles. The van der Waals surface area contributed by atoms with E-state index in [4.69, 9.17) is 11.6 Å². The Hall–Kier alpha value is -2.74. The smallest absolute Gasteiger partial charge is 0.240 e. The predicted octanol–water partition coefficient (Wildman–Crippen LogP) is 4.31. The summed E-state index contributed by atoms with van der Waals surface area (Å²) in [6, 6.07) is 19.4. The van der Waals surface area contributed by atoms with E-state index in [0.29, 0.717) is 16.1 Å². The fourth-order valence-electron chi connectivity index (χ4n) is 3.64. The molecule has 0 unspecified atom stereocenters. The molecule has 1 aliphatic rings. The van der Waals surface area contributed by atoms with Gasteiger partial charge in [-0.25, -0.2) is 17.5 Å². The summed E-state index contributed by atoms with van der Waals surface area (Å²) in [6.07, 6.45) is 1.50. The lowest BCUT2D eigenvalue weighted by Crippen LogP contribution is -2.34. The van der Waals surface area contributed by atoms with Gasteiger partial charge in [0, 0.05) is 18.1 Å². The van der Waals surface area contributed by atoms with E-state index < -0.39 is 21.3 Å². The summed E-state index contributed by atoms with van der Waals surface area (Å²) in [6.45, 7) is 0.178. The molecule has 0 radical (unpaired) electrons. The number of sulfonamides is 1. The second kappa shape index (κ2) is 9.02. The summed E-state index contributed by atoms with van der Waals surface area (Å²) in [4.78, 5) is 12.9. The van der Waals surface area contributed by atoms with Crippen LogP contribution < -0.4 is 10.0 Å². The summed E-state index contributed by atoms with van der Waals surface area (Å²) in [5.41, 5.74) is 1.50. The van der Waals surface area contributed by atoms with E-state index in [0.717, 1.165) is 18.4 Å². The molecule has 0 spiro atoms. The number of amides is 1. The molecule has 1 aliphatic carbocycles. The number of carbonyl (C=O) groups is 1. The van der Waals surface area contributed by atoms with Gasteiger partial charge in [0.25, 0.3) is 0 Å². The van der Waals surface area contributed by atoms with Gasteiger partial charge >= 0.3 is 0 Å². The third-order valence-electron chi connectivity index (χ3n) is 5.58. The lowest BCUT2D eigenvalue weighted by molar-refractivity contribution is -0.123. The first-order valence-electron chi connectivity index (χ1n) is 10.2. The molecule has 0 atom stereocenters. The molecule has 0 bridgehead atoms. The van der Waals surface area contributed by atoms with Crippen LogP contribution in [0.15, 0.2) is 77.7 Å². The molecule has 1 amide bonds. The van der Waals surface area contributed by atoms with Crippen molar-refractivity contribution in [3.63, 3.8) is 0 Å². The number of hydrogen-bond acceptors (Lipinski definition) is 3. The minimum Gasteiger partial charge on any atom is -0.351 e. The van der Waals surface area contributed by atoms with Gasteiger partial charge in [-0.2, -0.15) is 0 Å². The van der Waals surface area contributed by atoms with E-state index in [-0.39, 0.29) is 23.9 Å². The molecule has 3 aromatic carbocycles. The molecule has 0 saturated heterocycles. The van der Waals surface area contributed by atoms with Gasteiger partial charge < -0.3 is 5.32 Å². The van der Waals surface area contributed by atoms with E-state index in [9.17, 15) is 17.6 Å². The van der Waals surface area contributed by atoms with Crippen molar-refractivity contribution < 1.29 is 17.6 Å². The van der Waals surface area contributed by atoms with Crippen LogP contribution in [-0.4, -0.2) is 14.3 Å². The van der Waals surface area contributed by atoms with E-state index in [1.807, 2.05) is 18.2 Å². The van der Waals surface area contributed by atoms with Crippen molar-refractivity contribution >= 4 is 27.5 Å². The van der Waals surface area contributed by atoms with Crippen molar-refractivity contribution in [1.29, 1.82) is 0 Å². The average Bonchev–Trinajstić information content (AvgIpc) is 3.59. The van der Waals surface area contributed by atoms with Crippen molar-refractivity contribution in [2.45, 2.75) is 36.2 Å². The largest absolute Gasteiger partial charge is 0.351 e. The van der Waals surface area contributed by atoms with Crippen LogP contribution in [0.4, 0.5) is 4.39 Å². The first-order valence-corrected chi connectivity index (χ1v) is 12.0. The molecule has 0 aliphatic heterocycles. The van der Waals surface area contributed by atoms with Crippen LogP contribution in [-0.2, 0) is 33.3 Å². The zero-order valence-electron chi connectivity index (χ0n) is 17.1. The normalized spacial score (nSPS) is 14.7. The molecule has 3 aromatic rings. The predicted molar refractivity (Wildman–Crippen MR) is 121 cm³/mol. The molecule has 0 heterocycles. The summed E-state index contributed by atoms with van der Waals surface area (Å²) in [5.74, 6) is -0.525. The minimum atomic E-state index is -3.80. The Kier molecular flexibility index (Phi) is 6.33. The van der Waals surface area contributed by atoms with E-state index in [1.165, 1.54) is 30.3 Å². The van der Waals surface area contributed by atoms with Gasteiger partial charge in [-0.05, 0) is 65.9 Å². The Morgan fingerprint density at radius 1 is 0.938 bits per heavy atom. The minimum absolute atomic E-state index is 0.0246. The van der Waals surface area contributed by atoms with E-state index >= 15 is 0 Å². The zero-order chi connectivity index (χ0) is 22.8. The zero-order valence-corrected chi connectivity index (χ0v) is 18.7. The maximum absolute atomic E-state index is 13.3. The molecule has 32 heavy (non-hydrogen) atoms. The number of carbonyl (C=O) groups excluding carboxylic acids is 1. The molecule has 5 nitrogen and oxygen atoms in total. The Bertz CT molecular complexity index is 1260. The van der Waals surface area contributed by atoms with E-state index in [1.54, 1.807) is 24.3 Å². The van der Waals surface area contributed by atoms with Crippen LogP contribution in [0.1, 0.15) is 29.5 Å². The molecule has 1 fully saturated rings. The van der Waals surface area contributed by atoms with Crippen molar-refractivity contribution in [3.8, 4) is 0 Å². The Morgan fingerprint density at radius 3 is 2.31 bits per heavy atom. The topological polar surface area (TPSA) is 75.3 Å². The number of halogens is 2. The Balaban J connectivity index is 1.41. The average molecular weight is 473 g/mol. The van der Waals surface area contributed by atoms with Crippen LogP contribution in [0.3, 0.4) is 0 Å². The van der Waals surface area contributed by atoms with Crippen LogP contribution in [0.2, 0.25) is 5.02 Å². The van der Waals surface area contributed by atoms with Gasteiger partial charge in [-0.1, -0.05) is 48.0 Å². The summed E-state index contributed by atoms with van der Waals surface area (Å²) < 4.78 is 41.1. The van der Waals surface area contributed by atoms with Crippen molar-refractivity contribution in [3.05, 3.63) is 100 Å². The van der Waals surface area contributed by atoms with Crippen LogP contribution in [0.5, 0.6) is 0 Å². The third-order valence-corrected chi connectivity index (χ3v) is 7.21. The third kappa shape index (κ3) is 5.01. The monoisotopic (exact) mass is 472 g/mol. The highest BCUT2D eigenvalue weighted by Crippen LogP contribution is 2.48. The summed E-state index contributed by atoms with van der Waals surface area (Å²) in [5, 5.41) is 3.51. The molecule has 2 N–H and O–H groups in total. The SMILES string of the molecule is O=C(NCc1cccc(S(=O)(=O)NCc2cccc(F)c2)c1)C1(c2cccc(Cl)c2)CC1. The number of benzene rings is 3. The molecule has 166 valence electrons. The Labute approximate surface area is 191 Å². The highest BCUT2D eigenvalue weighted by atomic mass is 35.5. The standard InChI is InChI=1S/C24H22ClFN2O3S/c25-20-7-3-6-19(14-20)24(10-11-24)23(29)27-15-18-5-2-9-22(13-18)32(30,31)28-16-17-4-1-8-21(26)12-17/h1-9,12-14,28H,10-11,15-16H2,(H,27,29). The molecular weight excluding hydrogens is 451 g/mol. The van der Waals surface area contributed by atoms with Crippen LogP contribution >= 0.6 is 11.6 Å². The Morgan fingerprint density at radius 2 is 1.62 bits per heavy atom. The number of hydrogen-bond donors (Lipinski definition) is 2. The first kappa shape index (κ1) is 22.5. The quantitative estimate of drug-likeness (QED) is 0.513. The van der Waals surface area contributed by atoms with Gasteiger partial charge in [0.05, 0.1) is 10.3 Å². The van der Waals surface area contributed by atoms with E-state index in [2.05, 4.69) is 10.0 Å². The van der Waals surface area contributed by atoms with Crippen LogP contribution in [0, 0.1) is 5.82 Å². The molecule has 0 aromatic heterocycles. The van der Waals surface area contributed by atoms with Gasteiger partial charge in [0.15, 0.2) is 0 Å². The fraction of sp³-hybridized carbons (Fsp3) is 0.208. The van der Waals surface area contributed by atoms with Gasteiger partial charge in [-0.3, -0.25) is 4.79 Å². The number of rotatable bonds is 8. The van der Waals surface area contributed by atoms with Crippen molar-refractivity contribution in [2.75, 3.05) is 0 Å². The molecule has 4 rings (SSSR count). The van der Waals surface area contributed by atoms with Gasteiger partial charge in [0.1, 0.15) is 5.82 Å². The second-order valence-electron chi connectivity index (χ2n) is 7.88. The van der Waals surface area contributed by atoms with Gasteiger partial charge in [0.2, 0.25) is 15.9 Å². The van der Waals surface area contributed by atoms with Crippen molar-refractivity contribution in [1.82, 2.24) is 10.0 Å². The van der Waals surface area contributed by atoms with Crippen LogP contribution in [0.25, 0.3) is 0 Å². The number of nitrogens with one attached hydrogen (secondary N) is 2. The lowest BCUT2D eigenvalue weighted by Gasteiger charge is -2.16.